The number of primary amides is 1. The molecule has 1 aromatic carbocycles. The lowest BCUT2D eigenvalue weighted by molar-refractivity contribution is -0.123. The number of unbranched alkanes of at least 4 members (excludes halogenated alkanes) is 1. The van der Waals surface area contributed by atoms with Gasteiger partial charge >= 0.3 is 0 Å². The lowest BCUT2D eigenvalue weighted by Crippen LogP contribution is -2.39. The molecule has 0 unspecified atom stereocenters. The van der Waals surface area contributed by atoms with E-state index in [0.717, 1.165) is 74.7 Å². The van der Waals surface area contributed by atoms with Crippen molar-refractivity contribution < 1.29 is 9.18 Å². The number of hydrogen-bond donors (Lipinski definition) is 3. The van der Waals surface area contributed by atoms with E-state index in [0.29, 0.717) is 6.54 Å². The highest BCUT2D eigenvalue weighted by Gasteiger charge is 2.22. The van der Waals surface area contributed by atoms with Crippen LogP contribution >= 0.6 is 11.8 Å². The van der Waals surface area contributed by atoms with Crippen LogP contribution in [0, 0.1) is 11.7 Å². The molecule has 1 heterocycles. The monoisotopic (exact) mass is 423 g/mol. The fourth-order valence-electron chi connectivity index (χ4n) is 3.56. The smallest absolute Gasteiger partial charge is 0.220 e. The Hall–Kier alpha value is -1.80. The highest BCUT2D eigenvalue weighted by molar-refractivity contribution is 7.97. The summed E-state index contributed by atoms with van der Waals surface area (Å²) in [6.07, 6.45) is 5.92. The Morgan fingerprint density at radius 2 is 2.03 bits per heavy atom. The molecule has 2 rings (SSSR count). The third-order valence-corrected chi connectivity index (χ3v) is 5.92. The summed E-state index contributed by atoms with van der Waals surface area (Å²) in [5, 5.41) is 6.65. The zero-order valence-corrected chi connectivity index (χ0v) is 18.4. The van der Waals surface area contributed by atoms with Crippen molar-refractivity contribution in [2.75, 3.05) is 39.5 Å². The van der Waals surface area contributed by atoms with E-state index in [9.17, 15) is 9.18 Å². The van der Waals surface area contributed by atoms with Crippen molar-refractivity contribution in [1.82, 2.24) is 15.5 Å². The van der Waals surface area contributed by atoms with Gasteiger partial charge < -0.3 is 21.3 Å². The number of hydrogen-bond acceptors (Lipinski definition) is 4. The number of likely N-dealkylation sites (tertiary alicyclic amines) is 1. The quantitative estimate of drug-likeness (QED) is 0.306. The van der Waals surface area contributed by atoms with E-state index in [1.165, 1.54) is 6.07 Å². The number of halogens is 1. The van der Waals surface area contributed by atoms with Crippen LogP contribution in [0.4, 0.5) is 4.39 Å². The second-order valence-corrected chi connectivity index (χ2v) is 8.29. The van der Waals surface area contributed by atoms with Gasteiger partial charge in [0.15, 0.2) is 5.96 Å². The number of nitrogens with two attached hydrogens (primary N) is 1. The molecule has 1 amide bonds. The number of guanidine groups is 1. The number of amides is 1. The normalized spacial score (nSPS) is 16.0. The van der Waals surface area contributed by atoms with Crippen molar-refractivity contribution in [3.63, 3.8) is 0 Å². The Kier molecular flexibility index (Phi) is 10.3. The lowest BCUT2D eigenvalue weighted by atomic mass is 9.96. The van der Waals surface area contributed by atoms with Crippen molar-refractivity contribution in [2.45, 2.75) is 38.0 Å². The zero-order valence-electron chi connectivity index (χ0n) is 17.5. The maximum absolute atomic E-state index is 13.5. The number of carbonyl (C=O) groups excluding carboxylic acids is 1. The molecule has 0 radical (unpaired) electrons. The Labute approximate surface area is 177 Å². The molecule has 6 nitrogen and oxygen atoms in total. The highest BCUT2D eigenvalue weighted by Crippen LogP contribution is 2.17. The third kappa shape index (κ3) is 8.22. The Balaban J connectivity index is 1.64. The van der Waals surface area contributed by atoms with E-state index in [2.05, 4.69) is 20.5 Å². The number of nitrogens with zero attached hydrogens (tertiary/aromatic N) is 2. The van der Waals surface area contributed by atoms with Gasteiger partial charge in [0.1, 0.15) is 5.82 Å². The van der Waals surface area contributed by atoms with Gasteiger partial charge in [-0.3, -0.25) is 9.79 Å². The fourth-order valence-corrected chi connectivity index (χ4v) is 4.14. The molecule has 0 aromatic heterocycles. The molecule has 4 N–H and O–H groups in total. The molecule has 162 valence electrons. The van der Waals surface area contributed by atoms with Crippen molar-refractivity contribution in [3.05, 3.63) is 35.1 Å². The third-order valence-electron chi connectivity index (χ3n) is 5.32. The largest absolute Gasteiger partial charge is 0.369 e. The standard InChI is InChI=1S/C21H34FN5OS/c1-24-21(26-14-17-5-6-19(22)13-18(17)15-29-2)25-9-3-4-10-27-11-7-16(8-12-27)20(23)28/h5-6,13,16H,3-4,7-12,14-15H2,1-2H3,(H2,23,28)(H2,24,25,26). The second-order valence-electron chi connectivity index (χ2n) is 7.42. The highest BCUT2D eigenvalue weighted by atomic mass is 32.2. The van der Waals surface area contributed by atoms with Crippen LogP contribution in [-0.2, 0) is 17.1 Å². The maximum Gasteiger partial charge on any atom is 0.220 e. The van der Waals surface area contributed by atoms with Crippen molar-refractivity contribution in [3.8, 4) is 0 Å². The molecule has 0 spiro atoms. The predicted octanol–water partition coefficient (Wildman–Crippen LogP) is 2.33. The number of nitrogens with one attached hydrogen (secondary N) is 2. The van der Waals surface area contributed by atoms with E-state index in [-0.39, 0.29) is 17.6 Å². The van der Waals surface area contributed by atoms with Gasteiger partial charge in [0.05, 0.1) is 0 Å². The van der Waals surface area contributed by atoms with Gasteiger partial charge in [-0.1, -0.05) is 6.07 Å². The van der Waals surface area contributed by atoms with Crippen LogP contribution in [0.5, 0.6) is 0 Å². The van der Waals surface area contributed by atoms with E-state index in [1.807, 2.05) is 12.3 Å². The summed E-state index contributed by atoms with van der Waals surface area (Å²) in [6.45, 7) is 4.43. The first-order valence-corrected chi connectivity index (χ1v) is 11.6. The molecule has 0 bridgehead atoms. The van der Waals surface area contributed by atoms with Crippen LogP contribution in [0.3, 0.4) is 0 Å². The SMILES string of the molecule is CN=C(NCCCCN1CCC(C(N)=O)CC1)NCc1ccc(F)cc1CSC. The van der Waals surface area contributed by atoms with Gasteiger partial charge in [-0.2, -0.15) is 11.8 Å². The van der Waals surface area contributed by atoms with E-state index < -0.39 is 0 Å². The maximum atomic E-state index is 13.5. The van der Waals surface area contributed by atoms with Crippen LogP contribution in [0.15, 0.2) is 23.2 Å². The van der Waals surface area contributed by atoms with Gasteiger partial charge in [-0.25, -0.2) is 4.39 Å². The molecule has 0 atom stereocenters. The summed E-state index contributed by atoms with van der Waals surface area (Å²) in [6, 6.07) is 4.95. The number of piperidine rings is 1. The number of benzene rings is 1. The summed E-state index contributed by atoms with van der Waals surface area (Å²) >= 11 is 1.68. The van der Waals surface area contributed by atoms with Gasteiger partial charge in [-0.15, -0.1) is 0 Å². The number of aliphatic imine (C=N–C) groups is 1. The molecule has 8 heteroatoms. The summed E-state index contributed by atoms with van der Waals surface area (Å²) in [7, 11) is 1.76. The number of thioether (sulfide) groups is 1. The average molecular weight is 424 g/mol. The first kappa shape index (κ1) is 23.5. The molecular formula is C21H34FN5OS. The van der Waals surface area contributed by atoms with Crippen molar-refractivity contribution >= 4 is 23.6 Å². The van der Waals surface area contributed by atoms with E-state index in [1.54, 1.807) is 24.9 Å². The summed E-state index contributed by atoms with van der Waals surface area (Å²) in [4.78, 5) is 17.9. The first-order chi connectivity index (χ1) is 14.0. The topological polar surface area (TPSA) is 82.8 Å². The van der Waals surface area contributed by atoms with Crippen LogP contribution in [0.25, 0.3) is 0 Å². The summed E-state index contributed by atoms with van der Waals surface area (Å²) in [5.74, 6) is 1.25. The molecule has 1 saturated heterocycles. The molecule has 0 aliphatic carbocycles. The minimum Gasteiger partial charge on any atom is -0.369 e. The average Bonchev–Trinajstić information content (AvgIpc) is 2.71. The minimum absolute atomic E-state index is 0.0554. The van der Waals surface area contributed by atoms with Crippen LogP contribution < -0.4 is 16.4 Å². The van der Waals surface area contributed by atoms with Crippen molar-refractivity contribution in [2.24, 2.45) is 16.6 Å². The van der Waals surface area contributed by atoms with Gasteiger partial charge in [0.2, 0.25) is 5.91 Å². The Morgan fingerprint density at radius 3 is 2.69 bits per heavy atom. The molecule has 1 aliphatic rings. The van der Waals surface area contributed by atoms with Gasteiger partial charge in [-0.05, 0) is 74.8 Å². The van der Waals surface area contributed by atoms with Crippen LogP contribution in [-0.4, -0.2) is 56.2 Å². The summed E-state index contributed by atoms with van der Waals surface area (Å²) in [5.41, 5.74) is 7.49. The van der Waals surface area contributed by atoms with Crippen LogP contribution in [0.2, 0.25) is 0 Å². The number of rotatable bonds is 10. The molecule has 29 heavy (non-hydrogen) atoms. The zero-order chi connectivity index (χ0) is 21.1. The summed E-state index contributed by atoms with van der Waals surface area (Å²) < 4.78 is 13.5. The molecular weight excluding hydrogens is 389 g/mol. The first-order valence-electron chi connectivity index (χ1n) is 10.3. The number of carbonyl (C=O) groups is 1. The molecule has 1 aromatic rings. The molecule has 0 saturated carbocycles. The molecule has 1 fully saturated rings. The lowest BCUT2D eigenvalue weighted by Gasteiger charge is -2.30. The molecule has 1 aliphatic heterocycles. The predicted molar refractivity (Wildman–Crippen MR) is 119 cm³/mol. The fraction of sp³-hybridized carbons (Fsp3) is 0.619. The second kappa shape index (κ2) is 12.7. The van der Waals surface area contributed by atoms with E-state index >= 15 is 0 Å². The van der Waals surface area contributed by atoms with Gasteiger partial charge in [0.25, 0.3) is 0 Å². The van der Waals surface area contributed by atoms with Crippen molar-refractivity contribution in [1.29, 1.82) is 0 Å². The minimum atomic E-state index is -0.195. The Bertz CT molecular complexity index is 677. The van der Waals surface area contributed by atoms with Gasteiger partial charge in [0, 0.05) is 31.8 Å². The van der Waals surface area contributed by atoms with Crippen LogP contribution in [0.1, 0.15) is 36.8 Å². The van der Waals surface area contributed by atoms with E-state index in [4.69, 9.17) is 5.73 Å². The Morgan fingerprint density at radius 1 is 1.28 bits per heavy atom.